The van der Waals surface area contributed by atoms with Crippen LogP contribution in [-0.4, -0.2) is 23.3 Å². The molecule has 2 amide bonds. The van der Waals surface area contributed by atoms with Crippen molar-refractivity contribution < 1.29 is 27.2 Å². The van der Waals surface area contributed by atoms with Crippen molar-refractivity contribution in [2.75, 3.05) is 6.54 Å². The van der Waals surface area contributed by atoms with Crippen molar-refractivity contribution in [3.63, 3.8) is 0 Å². The Hall–Kier alpha value is -2.97. The predicted octanol–water partition coefficient (Wildman–Crippen LogP) is 3.48. The van der Waals surface area contributed by atoms with E-state index in [4.69, 9.17) is 0 Å². The van der Waals surface area contributed by atoms with Crippen LogP contribution in [0.15, 0.2) is 36.5 Å². The summed E-state index contributed by atoms with van der Waals surface area (Å²) >= 11 is 0. The quantitative estimate of drug-likeness (QED) is 0.686. The number of aromatic nitrogens is 1. The number of halogens is 4. The number of nitrogens with one attached hydrogen (secondary N) is 2. The minimum absolute atomic E-state index is 0.0136. The Balaban J connectivity index is 2.05. The molecule has 0 unspecified atom stereocenters. The first kappa shape index (κ1) is 22.3. The third kappa shape index (κ3) is 6.55. The third-order valence-corrected chi connectivity index (χ3v) is 4.06. The number of benzene rings is 1. The molecule has 0 fully saturated rings. The number of alkyl halides is 3. The SMILES string of the molecule is CC(C)C(=O)NCCc1ncccc1C(=O)NCc1cc(F)cc(C(F)(F)F)c1. The Labute approximate surface area is 165 Å². The lowest BCUT2D eigenvalue weighted by molar-refractivity contribution is -0.137. The summed E-state index contributed by atoms with van der Waals surface area (Å²) in [7, 11) is 0. The molecule has 1 heterocycles. The van der Waals surface area contributed by atoms with Crippen LogP contribution in [-0.2, 0) is 23.9 Å². The number of hydrogen-bond acceptors (Lipinski definition) is 3. The van der Waals surface area contributed by atoms with Crippen LogP contribution in [0.5, 0.6) is 0 Å². The monoisotopic (exact) mass is 411 g/mol. The fourth-order valence-corrected chi connectivity index (χ4v) is 2.55. The molecular weight excluding hydrogens is 390 g/mol. The molecule has 0 radical (unpaired) electrons. The number of amides is 2. The van der Waals surface area contributed by atoms with Gasteiger partial charge in [0.2, 0.25) is 5.91 Å². The largest absolute Gasteiger partial charge is 0.416 e. The standard InChI is InChI=1S/C20H21F4N3O2/c1-12(2)18(28)26-7-5-17-16(4-3-6-25-17)19(29)27-11-13-8-14(20(22,23)24)10-15(21)9-13/h3-4,6,8-10,12H,5,7,11H2,1-2H3,(H,26,28)(H,27,29). The molecule has 1 aromatic carbocycles. The van der Waals surface area contributed by atoms with E-state index in [1.54, 1.807) is 19.9 Å². The summed E-state index contributed by atoms with van der Waals surface area (Å²) in [4.78, 5) is 28.2. The summed E-state index contributed by atoms with van der Waals surface area (Å²) in [6.45, 7) is 3.52. The van der Waals surface area contributed by atoms with Gasteiger partial charge in [-0.15, -0.1) is 0 Å². The van der Waals surface area contributed by atoms with Gasteiger partial charge in [-0.05, 0) is 35.9 Å². The van der Waals surface area contributed by atoms with Crippen LogP contribution in [0.3, 0.4) is 0 Å². The Morgan fingerprint density at radius 2 is 1.86 bits per heavy atom. The van der Waals surface area contributed by atoms with Gasteiger partial charge >= 0.3 is 6.18 Å². The van der Waals surface area contributed by atoms with Crippen LogP contribution in [0.2, 0.25) is 0 Å². The Morgan fingerprint density at radius 3 is 2.52 bits per heavy atom. The van der Waals surface area contributed by atoms with Gasteiger partial charge in [0, 0.05) is 31.6 Å². The molecule has 0 spiro atoms. The van der Waals surface area contributed by atoms with E-state index in [1.807, 2.05) is 0 Å². The van der Waals surface area contributed by atoms with Gasteiger partial charge in [-0.25, -0.2) is 4.39 Å². The van der Waals surface area contributed by atoms with Crippen molar-refractivity contribution >= 4 is 11.8 Å². The van der Waals surface area contributed by atoms with Crippen LogP contribution in [0.25, 0.3) is 0 Å². The molecule has 29 heavy (non-hydrogen) atoms. The lowest BCUT2D eigenvalue weighted by atomic mass is 10.1. The Kier molecular flexibility index (Phi) is 7.30. The minimum atomic E-state index is -4.68. The Bertz CT molecular complexity index is 882. The molecule has 156 valence electrons. The summed E-state index contributed by atoms with van der Waals surface area (Å²) in [5.41, 5.74) is -0.465. The molecule has 0 aliphatic heterocycles. The summed E-state index contributed by atoms with van der Waals surface area (Å²) in [6.07, 6.45) is -2.88. The van der Waals surface area contributed by atoms with Crippen molar-refractivity contribution in [1.29, 1.82) is 0 Å². The molecule has 2 aromatic rings. The first-order valence-corrected chi connectivity index (χ1v) is 8.94. The second-order valence-electron chi connectivity index (χ2n) is 6.72. The molecule has 0 saturated heterocycles. The van der Waals surface area contributed by atoms with Crippen LogP contribution in [0.1, 0.15) is 41.0 Å². The molecule has 1 aromatic heterocycles. The number of nitrogens with zero attached hydrogens (tertiary/aromatic N) is 1. The van der Waals surface area contributed by atoms with Crippen molar-refractivity contribution in [2.24, 2.45) is 5.92 Å². The molecule has 2 rings (SSSR count). The molecule has 0 bridgehead atoms. The highest BCUT2D eigenvalue weighted by molar-refractivity contribution is 5.95. The van der Waals surface area contributed by atoms with Gasteiger partial charge in [0.05, 0.1) is 16.8 Å². The molecule has 0 saturated carbocycles. The van der Waals surface area contributed by atoms with E-state index in [9.17, 15) is 27.2 Å². The third-order valence-electron chi connectivity index (χ3n) is 4.06. The van der Waals surface area contributed by atoms with Gasteiger partial charge in [-0.2, -0.15) is 13.2 Å². The summed E-state index contributed by atoms with van der Waals surface area (Å²) < 4.78 is 51.9. The molecule has 0 aliphatic rings. The second kappa shape index (κ2) is 9.49. The highest BCUT2D eigenvalue weighted by Gasteiger charge is 2.31. The van der Waals surface area contributed by atoms with Crippen LogP contribution in [0, 0.1) is 11.7 Å². The highest BCUT2D eigenvalue weighted by atomic mass is 19.4. The van der Waals surface area contributed by atoms with Gasteiger partial charge in [-0.3, -0.25) is 14.6 Å². The second-order valence-corrected chi connectivity index (χ2v) is 6.72. The zero-order valence-corrected chi connectivity index (χ0v) is 15.9. The minimum Gasteiger partial charge on any atom is -0.355 e. The van der Waals surface area contributed by atoms with E-state index in [1.165, 1.54) is 12.3 Å². The first-order valence-electron chi connectivity index (χ1n) is 8.94. The number of pyridine rings is 1. The molecule has 0 atom stereocenters. The number of carbonyl (C=O) groups is 2. The van der Waals surface area contributed by atoms with Crippen molar-refractivity contribution in [2.45, 2.75) is 33.0 Å². The van der Waals surface area contributed by atoms with E-state index in [0.29, 0.717) is 18.2 Å². The topological polar surface area (TPSA) is 71.1 Å². The van der Waals surface area contributed by atoms with Crippen LogP contribution < -0.4 is 10.6 Å². The fourth-order valence-electron chi connectivity index (χ4n) is 2.55. The van der Waals surface area contributed by atoms with Crippen LogP contribution in [0.4, 0.5) is 17.6 Å². The lowest BCUT2D eigenvalue weighted by Crippen LogP contribution is -2.30. The number of hydrogen-bond donors (Lipinski definition) is 2. The van der Waals surface area contributed by atoms with Gasteiger partial charge < -0.3 is 10.6 Å². The van der Waals surface area contributed by atoms with Crippen molar-refractivity contribution in [3.8, 4) is 0 Å². The van der Waals surface area contributed by atoms with E-state index in [0.717, 1.165) is 12.1 Å². The normalized spacial score (nSPS) is 11.4. The summed E-state index contributed by atoms with van der Waals surface area (Å²) in [5.74, 6) is -1.89. The van der Waals surface area contributed by atoms with E-state index >= 15 is 0 Å². The molecule has 9 heteroatoms. The maximum absolute atomic E-state index is 13.5. The van der Waals surface area contributed by atoms with Gasteiger partial charge in [0.15, 0.2) is 0 Å². The van der Waals surface area contributed by atoms with Crippen molar-refractivity contribution in [3.05, 3.63) is 64.7 Å². The van der Waals surface area contributed by atoms with E-state index < -0.39 is 23.5 Å². The van der Waals surface area contributed by atoms with Gasteiger partial charge in [0.25, 0.3) is 5.91 Å². The van der Waals surface area contributed by atoms with E-state index in [2.05, 4.69) is 15.6 Å². The maximum Gasteiger partial charge on any atom is 0.416 e. The smallest absolute Gasteiger partial charge is 0.355 e. The first-order chi connectivity index (χ1) is 13.6. The number of carbonyl (C=O) groups excluding carboxylic acids is 2. The van der Waals surface area contributed by atoms with Crippen LogP contribution >= 0.6 is 0 Å². The molecule has 2 N–H and O–H groups in total. The van der Waals surface area contributed by atoms with Crippen molar-refractivity contribution in [1.82, 2.24) is 15.6 Å². The number of rotatable bonds is 7. The highest BCUT2D eigenvalue weighted by Crippen LogP contribution is 2.30. The summed E-state index contributed by atoms with van der Waals surface area (Å²) in [5, 5.41) is 5.20. The van der Waals surface area contributed by atoms with Gasteiger partial charge in [-0.1, -0.05) is 13.8 Å². The van der Waals surface area contributed by atoms with Gasteiger partial charge in [0.1, 0.15) is 5.82 Å². The lowest BCUT2D eigenvalue weighted by Gasteiger charge is -2.12. The molecule has 0 aliphatic carbocycles. The van der Waals surface area contributed by atoms with E-state index in [-0.39, 0.29) is 36.0 Å². The average molecular weight is 411 g/mol. The maximum atomic E-state index is 13.5. The fraction of sp³-hybridized carbons (Fsp3) is 0.350. The zero-order chi connectivity index (χ0) is 21.6. The molecular formula is C20H21F4N3O2. The predicted molar refractivity (Wildman–Crippen MR) is 98.4 cm³/mol. The zero-order valence-electron chi connectivity index (χ0n) is 15.9. The average Bonchev–Trinajstić information content (AvgIpc) is 2.65. The summed E-state index contributed by atoms with van der Waals surface area (Å²) in [6, 6.07) is 5.19. The molecule has 5 nitrogen and oxygen atoms in total. The Morgan fingerprint density at radius 1 is 1.14 bits per heavy atom.